The second-order valence-corrected chi connectivity index (χ2v) is 3.24. The Kier molecular flexibility index (Phi) is 5.44. The van der Waals surface area contributed by atoms with Crippen LogP contribution in [0.4, 0.5) is 0 Å². The number of oxazole rings is 1. The van der Waals surface area contributed by atoms with Gasteiger partial charge in [-0.1, -0.05) is 0 Å². The van der Waals surface area contributed by atoms with Gasteiger partial charge in [-0.25, -0.2) is 4.98 Å². The van der Waals surface area contributed by atoms with E-state index in [-0.39, 0.29) is 63.2 Å². The Morgan fingerprint density at radius 2 is 2.13 bits per heavy atom. The Morgan fingerprint density at radius 1 is 1.47 bits per heavy atom. The predicted molar refractivity (Wildman–Crippen MR) is 43.6 cm³/mol. The molecule has 0 amide bonds. The van der Waals surface area contributed by atoms with Gasteiger partial charge in [-0.15, -0.1) is 0 Å². The van der Waals surface area contributed by atoms with Crippen LogP contribution in [0.5, 0.6) is 0 Å². The van der Waals surface area contributed by atoms with Crippen LogP contribution in [0.1, 0.15) is 35.2 Å². The minimum atomic E-state index is -1.37. The molecule has 2 heterocycles. The number of rotatable bonds is 2. The molecular weight excluding hydrogens is 225 g/mol. The van der Waals surface area contributed by atoms with Gasteiger partial charge < -0.3 is 19.1 Å². The molecule has 1 fully saturated rings. The summed E-state index contributed by atoms with van der Waals surface area (Å²) in [6.07, 6.45) is 3.16. The molecule has 1 aromatic heterocycles. The van der Waals surface area contributed by atoms with Gasteiger partial charge >= 0.3 is 51.4 Å². The molecule has 2 rings (SSSR count). The fourth-order valence-electron chi connectivity index (χ4n) is 1.55. The molecule has 0 atom stereocenters. The maximum absolute atomic E-state index is 10.4. The van der Waals surface area contributed by atoms with E-state index < -0.39 is 5.97 Å². The second kappa shape index (κ2) is 6.12. The zero-order valence-electron chi connectivity index (χ0n) is 8.56. The largest absolute Gasteiger partial charge is 1.00 e. The maximum Gasteiger partial charge on any atom is 1.00 e. The molecule has 0 N–H and O–H groups in total. The van der Waals surface area contributed by atoms with Crippen molar-refractivity contribution >= 4 is 5.97 Å². The van der Waals surface area contributed by atoms with Crippen molar-refractivity contribution in [2.75, 3.05) is 13.2 Å². The molecule has 6 heteroatoms. The molecule has 0 spiro atoms. The fraction of sp³-hybridized carbons (Fsp3) is 0.556. The standard InChI is InChI=1S/C9H11NO4.K/c11-9(12)8-10-5-7(14-8)6-1-3-13-4-2-6;/h5-6H,1-4H2,(H,11,12);/q;+1/p-1. The van der Waals surface area contributed by atoms with Crippen LogP contribution in [0, 0.1) is 0 Å². The van der Waals surface area contributed by atoms with Crippen LogP contribution in [-0.2, 0) is 4.74 Å². The zero-order valence-corrected chi connectivity index (χ0v) is 11.7. The van der Waals surface area contributed by atoms with E-state index in [0.29, 0.717) is 19.0 Å². The number of nitrogens with zero attached hydrogens (tertiary/aromatic N) is 1. The number of aromatic nitrogens is 1. The number of hydrogen-bond acceptors (Lipinski definition) is 5. The first kappa shape index (κ1) is 13.3. The van der Waals surface area contributed by atoms with Gasteiger partial charge in [0.15, 0.2) is 0 Å². The van der Waals surface area contributed by atoms with Crippen LogP contribution in [0.3, 0.4) is 0 Å². The van der Waals surface area contributed by atoms with Crippen molar-refractivity contribution < 1.29 is 70.4 Å². The summed E-state index contributed by atoms with van der Waals surface area (Å²) in [6, 6.07) is 0. The van der Waals surface area contributed by atoms with Crippen LogP contribution >= 0.6 is 0 Å². The van der Waals surface area contributed by atoms with Crippen LogP contribution in [0.15, 0.2) is 10.6 Å². The SMILES string of the molecule is O=C([O-])c1ncc(C2CCOCC2)o1.[K+]. The third-order valence-corrected chi connectivity index (χ3v) is 2.32. The summed E-state index contributed by atoms with van der Waals surface area (Å²) in [5.74, 6) is -0.869. The number of ether oxygens (including phenoxy) is 1. The third kappa shape index (κ3) is 3.37. The van der Waals surface area contributed by atoms with Crippen molar-refractivity contribution in [3.63, 3.8) is 0 Å². The predicted octanol–water partition coefficient (Wildman–Crippen LogP) is -3.06. The molecule has 76 valence electrons. The number of hydrogen-bond donors (Lipinski definition) is 0. The van der Waals surface area contributed by atoms with Gasteiger partial charge in [0.05, 0.1) is 6.20 Å². The van der Waals surface area contributed by atoms with E-state index in [1.54, 1.807) is 0 Å². The van der Waals surface area contributed by atoms with Gasteiger partial charge in [-0.05, 0) is 12.8 Å². The van der Waals surface area contributed by atoms with E-state index in [2.05, 4.69) is 4.98 Å². The van der Waals surface area contributed by atoms with Crippen molar-refractivity contribution in [3.8, 4) is 0 Å². The molecule has 1 aliphatic heterocycles. The summed E-state index contributed by atoms with van der Waals surface area (Å²) in [6.45, 7) is 1.37. The van der Waals surface area contributed by atoms with E-state index in [1.165, 1.54) is 6.20 Å². The zero-order chi connectivity index (χ0) is 9.97. The Labute approximate surface area is 130 Å². The van der Waals surface area contributed by atoms with Crippen molar-refractivity contribution in [1.29, 1.82) is 0 Å². The Morgan fingerprint density at radius 3 is 2.67 bits per heavy atom. The first-order chi connectivity index (χ1) is 6.77. The first-order valence-corrected chi connectivity index (χ1v) is 4.52. The van der Waals surface area contributed by atoms with E-state index in [4.69, 9.17) is 9.15 Å². The summed E-state index contributed by atoms with van der Waals surface area (Å²) in [5.41, 5.74) is 0. The van der Waals surface area contributed by atoms with Gasteiger partial charge in [0.25, 0.3) is 0 Å². The molecule has 0 bridgehead atoms. The van der Waals surface area contributed by atoms with Crippen LogP contribution in [0.25, 0.3) is 0 Å². The summed E-state index contributed by atoms with van der Waals surface area (Å²) >= 11 is 0. The molecule has 0 aromatic carbocycles. The maximum atomic E-state index is 10.4. The first-order valence-electron chi connectivity index (χ1n) is 4.52. The number of carboxylic acids is 1. The molecule has 0 radical (unpaired) electrons. The Balaban J connectivity index is 0.00000112. The second-order valence-electron chi connectivity index (χ2n) is 3.24. The van der Waals surface area contributed by atoms with Gasteiger partial charge in [-0.2, -0.15) is 0 Å². The van der Waals surface area contributed by atoms with Crippen LogP contribution in [-0.4, -0.2) is 24.2 Å². The molecule has 0 aliphatic carbocycles. The summed E-state index contributed by atoms with van der Waals surface area (Å²) < 4.78 is 10.2. The van der Waals surface area contributed by atoms with Crippen molar-refractivity contribution in [1.82, 2.24) is 4.98 Å². The minimum absolute atomic E-state index is 0. The molecule has 0 unspecified atom stereocenters. The average Bonchev–Trinajstić information content (AvgIpc) is 2.68. The molecule has 1 aromatic rings. The number of carboxylic acid groups (broad SMARTS) is 1. The topological polar surface area (TPSA) is 75.4 Å². The third-order valence-electron chi connectivity index (χ3n) is 2.32. The van der Waals surface area contributed by atoms with E-state index in [9.17, 15) is 9.90 Å². The van der Waals surface area contributed by atoms with Crippen molar-refractivity contribution in [2.24, 2.45) is 0 Å². The molecule has 1 saturated heterocycles. The van der Waals surface area contributed by atoms with Crippen molar-refractivity contribution in [3.05, 3.63) is 17.8 Å². The average molecular weight is 235 g/mol. The molecule has 5 nitrogen and oxygen atoms in total. The number of carbonyl (C=O) groups is 1. The Bertz CT molecular complexity index is 333. The van der Waals surface area contributed by atoms with Crippen LogP contribution < -0.4 is 56.5 Å². The smallest absolute Gasteiger partial charge is 0.540 e. The molecular formula is C9H10KNO4. The van der Waals surface area contributed by atoms with Gasteiger partial charge in [0.1, 0.15) is 11.7 Å². The Hall–Kier alpha value is 0.276. The summed E-state index contributed by atoms with van der Waals surface area (Å²) in [7, 11) is 0. The van der Waals surface area contributed by atoms with Gasteiger partial charge in [0, 0.05) is 19.1 Å². The molecule has 1 aliphatic rings. The number of aromatic carboxylic acids is 1. The van der Waals surface area contributed by atoms with E-state index >= 15 is 0 Å². The van der Waals surface area contributed by atoms with Gasteiger partial charge in [-0.3, -0.25) is 0 Å². The normalized spacial score (nSPS) is 17.1. The summed E-state index contributed by atoms with van der Waals surface area (Å²) in [4.78, 5) is 14.0. The fourth-order valence-corrected chi connectivity index (χ4v) is 1.55. The van der Waals surface area contributed by atoms with E-state index in [0.717, 1.165) is 12.8 Å². The molecule has 0 saturated carbocycles. The molecule has 15 heavy (non-hydrogen) atoms. The monoisotopic (exact) mass is 235 g/mol. The minimum Gasteiger partial charge on any atom is -0.540 e. The van der Waals surface area contributed by atoms with Crippen LogP contribution in [0.2, 0.25) is 0 Å². The van der Waals surface area contributed by atoms with Gasteiger partial charge in [0.2, 0.25) is 5.89 Å². The summed E-state index contributed by atoms with van der Waals surface area (Å²) in [5, 5.41) is 10.4. The van der Waals surface area contributed by atoms with Crippen molar-refractivity contribution in [2.45, 2.75) is 18.8 Å². The number of carbonyl (C=O) groups excluding carboxylic acids is 1. The quantitative estimate of drug-likeness (QED) is 0.509. The van der Waals surface area contributed by atoms with E-state index in [1.807, 2.05) is 0 Å².